The van der Waals surface area contributed by atoms with Crippen LogP contribution in [0.2, 0.25) is 5.02 Å². The molecule has 11 heteroatoms. The first-order valence-electron chi connectivity index (χ1n) is 8.73. The normalized spacial score (nSPS) is 16.5. The highest BCUT2D eigenvalue weighted by Gasteiger charge is 2.33. The fourth-order valence-electron chi connectivity index (χ4n) is 3.34. The van der Waals surface area contributed by atoms with Crippen molar-refractivity contribution in [3.63, 3.8) is 0 Å². The molecule has 154 valence electrons. The summed E-state index contributed by atoms with van der Waals surface area (Å²) in [4.78, 5) is 13.1. The van der Waals surface area contributed by atoms with Gasteiger partial charge in [-0.15, -0.1) is 0 Å². The summed E-state index contributed by atoms with van der Waals surface area (Å²) in [6.45, 7) is 0.818. The van der Waals surface area contributed by atoms with Crippen LogP contribution in [0.15, 0.2) is 50.5 Å². The molecule has 2 aromatic carbocycles. The lowest BCUT2D eigenvalue weighted by molar-refractivity contribution is 0.150. The van der Waals surface area contributed by atoms with E-state index in [1.807, 2.05) is 4.90 Å². The number of piperazine rings is 1. The van der Waals surface area contributed by atoms with E-state index in [1.54, 1.807) is 18.2 Å². The van der Waals surface area contributed by atoms with Crippen molar-refractivity contribution in [1.29, 1.82) is 0 Å². The molecule has 3 aromatic rings. The van der Waals surface area contributed by atoms with Gasteiger partial charge in [-0.1, -0.05) is 17.7 Å². The Hall–Kier alpha value is -2.27. The number of fused-ring (bicyclic) bond motifs is 1. The maximum absolute atomic E-state index is 13.9. The Morgan fingerprint density at radius 1 is 1.03 bits per heavy atom. The van der Waals surface area contributed by atoms with E-state index < -0.39 is 32.3 Å². The smallest absolute Gasteiger partial charge is 0.408 e. The highest BCUT2D eigenvalue weighted by atomic mass is 35.5. The maximum Gasteiger partial charge on any atom is 0.421 e. The molecule has 0 aliphatic carbocycles. The number of oxazole rings is 1. The van der Waals surface area contributed by atoms with Crippen molar-refractivity contribution in [3.05, 3.63) is 63.6 Å². The van der Waals surface area contributed by atoms with Gasteiger partial charge in [0.2, 0.25) is 10.0 Å². The molecule has 0 spiro atoms. The number of hydrogen-bond donors (Lipinski definition) is 0. The molecule has 0 N–H and O–H groups in total. The van der Waals surface area contributed by atoms with Gasteiger partial charge in [-0.25, -0.2) is 22.0 Å². The first-order valence-corrected chi connectivity index (χ1v) is 10.5. The summed E-state index contributed by atoms with van der Waals surface area (Å²) in [6, 6.07) is 7.79. The van der Waals surface area contributed by atoms with E-state index in [2.05, 4.69) is 0 Å². The van der Waals surface area contributed by atoms with Crippen molar-refractivity contribution >= 4 is 32.7 Å². The molecule has 1 fully saturated rings. The van der Waals surface area contributed by atoms with Crippen LogP contribution in [0.3, 0.4) is 0 Å². The molecule has 0 bridgehead atoms. The Bertz CT molecular complexity index is 1210. The fraction of sp³-hybridized carbons (Fsp3) is 0.278. The number of rotatable bonds is 4. The number of hydrogen-bond acceptors (Lipinski definition) is 5. The third-order valence-corrected chi connectivity index (χ3v) is 7.01. The van der Waals surface area contributed by atoms with Crippen LogP contribution in [0.1, 0.15) is 0 Å². The van der Waals surface area contributed by atoms with Crippen LogP contribution < -0.4 is 5.76 Å². The SMILES string of the molecule is O=c1oc2cc(Cl)ccc2n1CN1CCN(S(=O)(=O)c2c(F)cccc2F)CC1. The minimum atomic E-state index is -4.30. The average Bonchev–Trinajstić information content (AvgIpc) is 2.96. The van der Waals surface area contributed by atoms with E-state index in [-0.39, 0.29) is 32.8 Å². The summed E-state index contributed by atoms with van der Waals surface area (Å²) in [5.41, 5.74) is 0.932. The Kier molecular flexibility index (Phi) is 5.19. The largest absolute Gasteiger partial charge is 0.421 e. The van der Waals surface area contributed by atoms with Crippen LogP contribution in [0, 0.1) is 11.6 Å². The number of halogens is 3. The van der Waals surface area contributed by atoms with Crippen molar-refractivity contribution in [3.8, 4) is 0 Å². The van der Waals surface area contributed by atoms with Crippen molar-refractivity contribution in [1.82, 2.24) is 13.8 Å². The zero-order valence-corrected chi connectivity index (χ0v) is 16.6. The minimum Gasteiger partial charge on any atom is -0.408 e. The molecule has 1 aliphatic rings. The van der Waals surface area contributed by atoms with Crippen LogP contribution >= 0.6 is 11.6 Å². The van der Waals surface area contributed by atoms with Gasteiger partial charge in [0.25, 0.3) is 0 Å². The molecule has 1 aromatic heterocycles. The first kappa shape index (κ1) is 20.0. The minimum absolute atomic E-state index is 0.0342. The van der Waals surface area contributed by atoms with E-state index >= 15 is 0 Å². The first-order chi connectivity index (χ1) is 13.8. The molecule has 7 nitrogen and oxygen atoms in total. The highest BCUT2D eigenvalue weighted by Crippen LogP contribution is 2.24. The molecule has 0 atom stereocenters. The van der Waals surface area contributed by atoms with Gasteiger partial charge in [0, 0.05) is 37.3 Å². The Morgan fingerprint density at radius 3 is 2.34 bits per heavy atom. The van der Waals surface area contributed by atoms with Gasteiger partial charge in [0.05, 0.1) is 12.2 Å². The quantitative estimate of drug-likeness (QED) is 0.619. The van der Waals surface area contributed by atoms with Crippen LogP contribution in [0.4, 0.5) is 8.78 Å². The fourth-order valence-corrected chi connectivity index (χ4v) is 5.04. The maximum atomic E-state index is 13.9. The predicted molar refractivity (Wildman–Crippen MR) is 102 cm³/mol. The molecular formula is C18H16ClF2N3O4S. The van der Waals surface area contributed by atoms with Crippen LogP contribution in [-0.2, 0) is 16.7 Å². The third-order valence-electron chi connectivity index (χ3n) is 4.82. The number of sulfonamides is 1. The Balaban J connectivity index is 1.51. The van der Waals surface area contributed by atoms with Gasteiger partial charge in [0.15, 0.2) is 10.5 Å². The van der Waals surface area contributed by atoms with Gasteiger partial charge >= 0.3 is 5.76 Å². The lowest BCUT2D eigenvalue weighted by atomic mass is 10.3. The van der Waals surface area contributed by atoms with E-state index in [9.17, 15) is 22.0 Å². The number of benzene rings is 2. The van der Waals surface area contributed by atoms with Crippen molar-refractivity contribution in [2.24, 2.45) is 0 Å². The summed E-state index contributed by atoms with van der Waals surface area (Å²) in [5.74, 6) is -2.80. The topological polar surface area (TPSA) is 75.8 Å². The zero-order valence-electron chi connectivity index (χ0n) is 15.0. The highest BCUT2D eigenvalue weighted by molar-refractivity contribution is 7.89. The second-order valence-electron chi connectivity index (χ2n) is 6.62. The van der Waals surface area contributed by atoms with Crippen LogP contribution in [0.25, 0.3) is 11.1 Å². The lowest BCUT2D eigenvalue weighted by Gasteiger charge is -2.33. The zero-order chi connectivity index (χ0) is 20.8. The molecule has 0 amide bonds. The molecule has 1 aliphatic heterocycles. The number of nitrogens with zero attached hydrogens (tertiary/aromatic N) is 3. The summed E-state index contributed by atoms with van der Waals surface area (Å²) in [5, 5.41) is 0.442. The summed E-state index contributed by atoms with van der Waals surface area (Å²) in [7, 11) is -4.30. The molecule has 0 unspecified atom stereocenters. The predicted octanol–water partition coefficient (Wildman–Crippen LogP) is 2.49. The molecule has 0 saturated carbocycles. The van der Waals surface area contributed by atoms with E-state index in [0.717, 1.165) is 22.5 Å². The molecule has 4 rings (SSSR count). The standard InChI is InChI=1S/C18H16ClF2N3O4S/c19-12-4-5-15-16(10-12)28-18(25)24(15)11-22-6-8-23(9-7-22)29(26,27)17-13(20)2-1-3-14(17)21/h1-5,10H,6-9,11H2. The molecular weight excluding hydrogens is 428 g/mol. The van der Waals surface area contributed by atoms with Gasteiger partial charge in [-0.05, 0) is 24.3 Å². The monoisotopic (exact) mass is 443 g/mol. The van der Waals surface area contributed by atoms with Gasteiger partial charge in [-0.3, -0.25) is 9.47 Å². The summed E-state index contributed by atoms with van der Waals surface area (Å²) >= 11 is 5.91. The van der Waals surface area contributed by atoms with Gasteiger partial charge in [-0.2, -0.15) is 4.31 Å². The van der Waals surface area contributed by atoms with Crippen molar-refractivity contribution in [2.75, 3.05) is 26.2 Å². The van der Waals surface area contributed by atoms with E-state index in [4.69, 9.17) is 16.0 Å². The molecule has 0 radical (unpaired) electrons. The lowest BCUT2D eigenvalue weighted by Crippen LogP contribution is -2.49. The van der Waals surface area contributed by atoms with Gasteiger partial charge < -0.3 is 4.42 Å². The molecule has 2 heterocycles. The van der Waals surface area contributed by atoms with Crippen LogP contribution in [0.5, 0.6) is 0 Å². The molecule has 29 heavy (non-hydrogen) atoms. The molecule has 1 saturated heterocycles. The third kappa shape index (κ3) is 3.68. The average molecular weight is 444 g/mol. The van der Waals surface area contributed by atoms with Crippen molar-refractivity contribution in [2.45, 2.75) is 11.6 Å². The van der Waals surface area contributed by atoms with E-state index in [0.29, 0.717) is 16.1 Å². The second-order valence-corrected chi connectivity index (χ2v) is 8.93. The Labute approximate surface area is 169 Å². The second kappa shape index (κ2) is 7.52. The van der Waals surface area contributed by atoms with Crippen LogP contribution in [-0.4, -0.2) is 48.4 Å². The Morgan fingerprint density at radius 2 is 1.69 bits per heavy atom. The van der Waals surface area contributed by atoms with E-state index in [1.165, 1.54) is 4.57 Å². The number of aromatic nitrogens is 1. The van der Waals surface area contributed by atoms with Gasteiger partial charge in [0.1, 0.15) is 11.6 Å². The van der Waals surface area contributed by atoms with Crippen molar-refractivity contribution < 1.29 is 21.6 Å². The summed E-state index contributed by atoms with van der Waals surface area (Å²) in [6.07, 6.45) is 0. The summed E-state index contributed by atoms with van der Waals surface area (Å²) < 4.78 is 60.8.